The molecule has 4 rings (SSSR count). The fraction of sp³-hybridized carbons (Fsp3) is 0.630. The number of nitrogens with zero attached hydrogens (tertiary/aromatic N) is 3. The second kappa shape index (κ2) is 13.4. The first-order valence-electron chi connectivity index (χ1n) is 13.5. The molecule has 1 aromatic heterocycles. The Morgan fingerprint density at radius 1 is 1.22 bits per heavy atom. The van der Waals surface area contributed by atoms with E-state index in [2.05, 4.69) is 44.5 Å². The van der Waals surface area contributed by atoms with E-state index in [-0.39, 0.29) is 0 Å². The van der Waals surface area contributed by atoms with Crippen molar-refractivity contribution in [3.8, 4) is 0 Å². The Bertz CT molecular complexity index is 980. The SMILES string of the molecule is CCC(Nc1ccnc2cc(Cl)ccc12)N1CCN(CCCC(NCCCOC(N)=O)C2CC2)CC1. The highest BCUT2D eigenvalue weighted by atomic mass is 35.5. The minimum atomic E-state index is -0.689. The van der Waals surface area contributed by atoms with Gasteiger partial charge in [-0.15, -0.1) is 0 Å². The van der Waals surface area contributed by atoms with Gasteiger partial charge in [-0.2, -0.15) is 0 Å². The maximum Gasteiger partial charge on any atom is 0.404 e. The summed E-state index contributed by atoms with van der Waals surface area (Å²) >= 11 is 6.16. The van der Waals surface area contributed by atoms with E-state index >= 15 is 0 Å². The van der Waals surface area contributed by atoms with E-state index in [4.69, 9.17) is 22.1 Å². The van der Waals surface area contributed by atoms with Crippen LogP contribution in [0.2, 0.25) is 5.02 Å². The largest absolute Gasteiger partial charge is 0.450 e. The minimum absolute atomic E-state index is 0.301. The first kappa shape index (κ1) is 26.9. The van der Waals surface area contributed by atoms with E-state index in [1.165, 1.54) is 25.7 Å². The lowest BCUT2D eigenvalue weighted by atomic mass is 10.1. The number of fused-ring (bicyclic) bond motifs is 1. The third-order valence-electron chi connectivity index (χ3n) is 7.41. The van der Waals surface area contributed by atoms with Gasteiger partial charge in [0, 0.05) is 54.5 Å². The molecule has 1 aliphatic carbocycles. The molecule has 198 valence electrons. The third kappa shape index (κ3) is 7.93. The van der Waals surface area contributed by atoms with E-state index in [0.29, 0.717) is 23.8 Å². The Labute approximate surface area is 219 Å². The molecule has 36 heavy (non-hydrogen) atoms. The summed E-state index contributed by atoms with van der Waals surface area (Å²) in [5.74, 6) is 0.815. The summed E-state index contributed by atoms with van der Waals surface area (Å²) in [7, 11) is 0. The molecule has 2 heterocycles. The number of carbonyl (C=O) groups excluding carboxylic acids is 1. The number of nitrogens with two attached hydrogens (primary N) is 1. The average Bonchev–Trinajstić information content (AvgIpc) is 3.71. The van der Waals surface area contributed by atoms with Crippen molar-refractivity contribution < 1.29 is 9.53 Å². The number of rotatable bonds is 14. The molecule has 2 fully saturated rings. The van der Waals surface area contributed by atoms with Crippen LogP contribution in [0.1, 0.15) is 45.4 Å². The molecule has 2 aromatic rings. The van der Waals surface area contributed by atoms with E-state index < -0.39 is 6.09 Å². The van der Waals surface area contributed by atoms with Crippen molar-refractivity contribution in [2.45, 2.75) is 57.7 Å². The van der Waals surface area contributed by atoms with E-state index in [0.717, 1.165) is 74.6 Å². The number of carbonyl (C=O) groups is 1. The molecular weight excluding hydrogens is 476 g/mol. The van der Waals surface area contributed by atoms with Crippen molar-refractivity contribution in [3.63, 3.8) is 0 Å². The van der Waals surface area contributed by atoms with Crippen LogP contribution >= 0.6 is 11.6 Å². The normalized spacial score (nSPS) is 18.7. The molecule has 1 amide bonds. The molecule has 2 aliphatic rings. The lowest BCUT2D eigenvalue weighted by Gasteiger charge is -2.39. The van der Waals surface area contributed by atoms with Crippen molar-refractivity contribution in [2.75, 3.05) is 51.2 Å². The summed E-state index contributed by atoms with van der Waals surface area (Å²) < 4.78 is 4.83. The van der Waals surface area contributed by atoms with E-state index in [9.17, 15) is 4.79 Å². The van der Waals surface area contributed by atoms with Crippen molar-refractivity contribution in [1.29, 1.82) is 0 Å². The van der Waals surface area contributed by atoms with Gasteiger partial charge in [-0.1, -0.05) is 18.5 Å². The van der Waals surface area contributed by atoms with Gasteiger partial charge in [-0.05, 0) is 81.8 Å². The highest BCUT2D eigenvalue weighted by Crippen LogP contribution is 2.34. The van der Waals surface area contributed by atoms with Gasteiger partial charge in [0.05, 0.1) is 18.3 Å². The maximum atomic E-state index is 10.7. The van der Waals surface area contributed by atoms with Crippen molar-refractivity contribution in [2.24, 2.45) is 11.7 Å². The highest BCUT2D eigenvalue weighted by Gasteiger charge is 2.30. The van der Waals surface area contributed by atoms with Crippen LogP contribution in [0.15, 0.2) is 30.5 Å². The van der Waals surface area contributed by atoms with Gasteiger partial charge in [0.1, 0.15) is 0 Å². The topological polar surface area (TPSA) is 95.8 Å². The first-order chi connectivity index (χ1) is 17.5. The number of halogens is 1. The number of benzene rings is 1. The summed E-state index contributed by atoms with van der Waals surface area (Å²) in [5.41, 5.74) is 7.06. The van der Waals surface area contributed by atoms with Crippen molar-refractivity contribution in [3.05, 3.63) is 35.5 Å². The Morgan fingerprint density at radius 3 is 2.75 bits per heavy atom. The summed E-state index contributed by atoms with van der Waals surface area (Å²) in [6.07, 6.45) is 8.40. The maximum absolute atomic E-state index is 10.7. The zero-order valence-corrected chi connectivity index (χ0v) is 22.2. The van der Waals surface area contributed by atoms with Crippen LogP contribution < -0.4 is 16.4 Å². The van der Waals surface area contributed by atoms with Gasteiger partial charge in [0.15, 0.2) is 0 Å². The zero-order valence-electron chi connectivity index (χ0n) is 21.4. The highest BCUT2D eigenvalue weighted by molar-refractivity contribution is 6.31. The Kier molecular flexibility index (Phi) is 10.0. The predicted octanol–water partition coefficient (Wildman–Crippen LogP) is 4.29. The number of aromatic nitrogens is 1. The lowest BCUT2D eigenvalue weighted by Crippen LogP contribution is -2.52. The number of ether oxygens (including phenoxy) is 1. The van der Waals surface area contributed by atoms with E-state index in [1.54, 1.807) is 0 Å². The molecule has 1 saturated carbocycles. The molecule has 1 saturated heterocycles. The lowest BCUT2D eigenvalue weighted by molar-refractivity contribution is 0.102. The molecule has 0 radical (unpaired) electrons. The number of primary amides is 1. The van der Waals surface area contributed by atoms with Gasteiger partial charge in [-0.3, -0.25) is 9.88 Å². The zero-order chi connectivity index (χ0) is 25.3. The number of anilines is 1. The first-order valence-corrected chi connectivity index (χ1v) is 13.8. The average molecular weight is 517 g/mol. The van der Waals surface area contributed by atoms with Crippen LogP contribution in [-0.2, 0) is 4.74 Å². The Balaban J connectivity index is 1.18. The standard InChI is InChI=1S/C27H41ClN6O2/c1-2-26(32-24-10-12-31-25-19-21(28)8-9-22(24)25)34-16-14-33(15-17-34)13-3-5-23(20-6-7-20)30-11-4-18-36-27(29)35/h8-10,12,19-20,23,26,30H,2-7,11,13-18H2,1H3,(H2,29,35)(H,31,32). The van der Waals surface area contributed by atoms with Crippen LogP contribution in [0.3, 0.4) is 0 Å². The molecule has 2 atom stereocenters. The number of nitrogens with one attached hydrogen (secondary N) is 2. The fourth-order valence-corrected chi connectivity index (χ4v) is 5.41. The van der Waals surface area contributed by atoms with Crippen LogP contribution in [0, 0.1) is 5.92 Å². The summed E-state index contributed by atoms with van der Waals surface area (Å²) in [4.78, 5) is 20.3. The second-order valence-corrected chi connectivity index (χ2v) is 10.5. The number of piperazine rings is 1. The smallest absolute Gasteiger partial charge is 0.404 e. The Morgan fingerprint density at radius 2 is 2.03 bits per heavy atom. The Hall–Kier alpha value is -2.13. The summed E-state index contributed by atoms with van der Waals surface area (Å²) in [5, 5.41) is 9.27. The van der Waals surface area contributed by atoms with Crippen molar-refractivity contribution >= 4 is 34.3 Å². The molecule has 0 bridgehead atoms. The third-order valence-corrected chi connectivity index (χ3v) is 7.65. The second-order valence-electron chi connectivity index (χ2n) is 10.0. The molecule has 8 nitrogen and oxygen atoms in total. The molecule has 1 aliphatic heterocycles. The molecule has 0 spiro atoms. The summed E-state index contributed by atoms with van der Waals surface area (Å²) in [6.45, 7) is 9.03. The number of hydrogen-bond acceptors (Lipinski definition) is 7. The van der Waals surface area contributed by atoms with Crippen LogP contribution in [0.5, 0.6) is 0 Å². The van der Waals surface area contributed by atoms with Gasteiger partial charge >= 0.3 is 6.09 Å². The predicted molar refractivity (Wildman–Crippen MR) is 146 cm³/mol. The number of pyridine rings is 1. The van der Waals surface area contributed by atoms with Crippen molar-refractivity contribution in [1.82, 2.24) is 20.1 Å². The molecule has 2 unspecified atom stereocenters. The molecular formula is C27H41ClN6O2. The minimum Gasteiger partial charge on any atom is -0.450 e. The monoisotopic (exact) mass is 516 g/mol. The fourth-order valence-electron chi connectivity index (χ4n) is 5.25. The quantitative estimate of drug-likeness (QED) is 0.322. The van der Waals surface area contributed by atoms with E-state index in [1.807, 2.05) is 18.3 Å². The van der Waals surface area contributed by atoms with Crippen LogP contribution in [0.4, 0.5) is 10.5 Å². The summed E-state index contributed by atoms with van der Waals surface area (Å²) in [6, 6.07) is 8.54. The molecule has 4 N–H and O–H groups in total. The van der Waals surface area contributed by atoms with Crippen LogP contribution in [-0.4, -0.2) is 79.0 Å². The van der Waals surface area contributed by atoms with Gasteiger partial charge in [0.2, 0.25) is 0 Å². The number of amides is 1. The molecule has 1 aromatic carbocycles. The molecule has 9 heteroatoms. The van der Waals surface area contributed by atoms with Crippen LogP contribution in [0.25, 0.3) is 10.9 Å². The van der Waals surface area contributed by atoms with Gasteiger partial charge in [0.25, 0.3) is 0 Å². The number of hydrogen-bond donors (Lipinski definition) is 3. The van der Waals surface area contributed by atoms with Gasteiger partial charge in [-0.25, -0.2) is 4.79 Å². The van der Waals surface area contributed by atoms with Gasteiger partial charge < -0.3 is 26.0 Å².